The Labute approximate surface area is 86.4 Å². The smallest absolute Gasteiger partial charge is 0.185 e. The van der Waals surface area contributed by atoms with Crippen molar-refractivity contribution in [2.45, 2.75) is 11.2 Å². The molecule has 0 atom stereocenters. The summed E-state index contributed by atoms with van der Waals surface area (Å²) in [6.45, 7) is 1.16. The van der Waals surface area contributed by atoms with E-state index in [1.165, 1.54) is 12.1 Å². The first-order chi connectivity index (χ1) is 6.81. The van der Waals surface area contributed by atoms with Crippen molar-refractivity contribution in [1.29, 1.82) is 0 Å². The maximum atomic E-state index is 13.0. The summed E-state index contributed by atoms with van der Waals surface area (Å²) in [4.78, 5) is 0.998. The number of benzene rings is 1. The van der Waals surface area contributed by atoms with Gasteiger partial charge in [0.2, 0.25) is 0 Å². The van der Waals surface area contributed by atoms with Gasteiger partial charge in [-0.3, -0.25) is 0 Å². The van der Waals surface area contributed by atoms with Crippen LogP contribution in [0, 0.1) is 5.82 Å². The summed E-state index contributed by atoms with van der Waals surface area (Å²) in [6.07, 6.45) is 1.55. The molecule has 1 saturated heterocycles. The van der Waals surface area contributed by atoms with Gasteiger partial charge in [-0.05, 0) is 24.5 Å². The van der Waals surface area contributed by atoms with Gasteiger partial charge in [0, 0.05) is 10.5 Å². The van der Waals surface area contributed by atoms with Crippen LogP contribution in [0.5, 0.6) is 0 Å². The van der Waals surface area contributed by atoms with Crippen LogP contribution >= 0.6 is 11.8 Å². The van der Waals surface area contributed by atoms with Gasteiger partial charge in [0.15, 0.2) is 6.29 Å². The van der Waals surface area contributed by atoms with Crippen LogP contribution in [0.2, 0.25) is 0 Å². The van der Waals surface area contributed by atoms with Crippen molar-refractivity contribution < 1.29 is 13.9 Å². The molecule has 0 unspecified atom stereocenters. The van der Waals surface area contributed by atoms with Crippen molar-refractivity contribution in [2.24, 2.45) is 0 Å². The first-order valence-corrected chi connectivity index (χ1v) is 5.60. The van der Waals surface area contributed by atoms with E-state index in [1.54, 1.807) is 17.8 Å². The summed E-state index contributed by atoms with van der Waals surface area (Å²) in [5, 5.41) is 0. The third kappa shape index (κ3) is 1.92. The van der Waals surface area contributed by atoms with Crippen LogP contribution in [0.4, 0.5) is 4.39 Å². The second-order valence-corrected chi connectivity index (χ2v) is 3.81. The zero-order chi connectivity index (χ0) is 9.97. The third-order valence-electron chi connectivity index (χ3n) is 2.07. The Balaban J connectivity index is 2.33. The highest BCUT2D eigenvalue weighted by atomic mass is 32.2. The van der Waals surface area contributed by atoms with Crippen molar-refractivity contribution in [2.75, 3.05) is 19.5 Å². The average Bonchev–Trinajstić information content (AvgIpc) is 2.70. The maximum absolute atomic E-state index is 13.0. The van der Waals surface area contributed by atoms with Gasteiger partial charge in [0.25, 0.3) is 0 Å². The van der Waals surface area contributed by atoms with Gasteiger partial charge < -0.3 is 9.47 Å². The van der Waals surface area contributed by atoms with E-state index in [-0.39, 0.29) is 5.82 Å². The largest absolute Gasteiger partial charge is 0.346 e. The van der Waals surface area contributed by atoms with E-state index in [0.717, 1.165) is 10.5 Å². The van der Waals surface area contributed by atoms with E-state index in [0.29, 0.717) is 13.2 Å². The minimum atomic E-state index is -0.395. The summed E-state index contributed by atoms with van der Waals surface area (Å²) >= 11 is 1.56. The molecule has 0 aliphatic carbocycles. The third-order valence-corrected chi connectivity index (χ3v) is 2.88. The van der Waals surface area contributed by atoms with Crippen molar-refractivity contribution in [3.8, 4) is 0 Å². The summed E-state index contributed by atoms with van der Waals surface area (Å²) in [5.41, 5.74) is 0.787. The molecule has 1 aromatic rings. The molecule has 2 rings (SSSR count). The second-order valence-electron chi connectivity index (χ2n) is 2.96. The van der Waals surface area contributed by atoms with Gasteiger partial charge >= 0.3 is 0 Å². The summed E-state index contributed by atoms with van der Waals surface area (Å²) in [5.74, 6) is -0.253. The summed E-state index contributed by atoms with van der Waals surface area (Å²) < 4.78 is 23.7. The van der Waals surface area contributed by atoms with Gasteiger partial charge in [0.05, 0.1) is 13.2 Å². The summed E-state index contributed by atoms with van der Waals surface area (Å²) in [7, 11) is 0. The molecule has 4 heteroatoms. The molecular weight excluding hydrogens is 203 g/mol. The molecule has 1 aliphatic rings. The fourth-order valence-corrected chi connectivity index (χ4v) is 2.02. The molecule has 0 bridgehead atoms. The molecule has 2 nitrogen and oxygen atoms in total. The number of rotatable bonds is 2. The lowest BCUT2D eigenvalue weighted by molar-refractivity contribution is -0.0462. The predicted molar refractivity (Wildman–Crippen MR) is 52.8 cm³/mol. The molecule has 0 aromatic heterocycles. The van der Waals surface area contributed by atoms with Crippen LogP contribution in [0.15, 0.2) is 23.1 Å². The number of thioether (sulfide) groups is 1. The van der Waals surface area contributed by atoms with E-state index >= 15 is 0 Å². The minimum Gasteiger partial charge on any atom is -0.346 e. The van der Waals surface area contributed by atoms with Gasteiger partial charge in [-0.15, -0.1) is 11.8 Å². The lowest BCUT2D eigenvalue weighted by Crippen LogP contribution is -2.00. The Kier molecular flexibility index (Phi) is 3.05. The Hall–Kier alpha value is -0.580. The lowest BCUT2D eigenvalue weighted by Gasteiger charge is -2.12. The van der Waals surface area contributed by atoms with E-state index in [4.69, 9.17) is 9.47 Å². The summed E-state index contributed by atoms with van der Waals surface area (Å²) in [6, 6.07) is 4.67. The van der Waals surface area contributed by atoms with Crippen molar-refractivity contribution >= 4 is 11.8 Å². The zero-order valence-corrected chi connectivity index (χ0v) is 8.64. The highest BCUT2D eigenvalue weighted by Gasteiger charge is 2.21. The van der Waals surface area contributed by atoms with Crippen LogP contribution < -0.4 is 0 Å². The first-order valence-electron chi connectivity index (χ1n) is 4.38. The maximum Gasteiger partial charge on any atom is 0.185 e. The predicted octanol–water partition coefficient (Wildman–Crippen LogP) is 2.59. The normalized spacial score (nSPS) is 17.6. The lowest BCUT2D eigenvalue weighted by atomic mass is 10.2. The van der Waals surface area contributed by atoms with Gasteiger partial charge in [-0.2, -0.15) is 0 Å². The molecule has 0 amide bonds. The SMILES string of the molecule is CSc1ccc(F)cc1C1OCCO1. The van der Waals surface area contributed by atoms with Crippen molar-refractivity contribution in [1.82, 2.24) is 0 Å². The molecule has 1 aromatic carbocycles. The van der Waals surface area contributed by atoms with E-state index in [2.05, 4.69) is 0 Å². The van der Waals surface area contributed by atoms with E-state index in [9.17, 15) is 4.39 Å². The Morgan fingerprint density at radius 2 is 2.07 bits per heavy atom. The van der Waals surface area contributed by atoms with Crippen LogP contribution in [0.3, 0.4) is 0 Å². The quantitative estimate of drug-likeness (QED) is 0.705. The number of hydrogen-bond donors (Lipinski definition) is 0. The molecule has 1 aliphatic heterocycles. The zero-order valence-electron chi connectivity index (χ0n) is 7.83. The van der Waals surface area contributed by atoms with Crippen LogP contribution in [-0.2, 0) is 9.47 Å². The number of halogens is 1. The standard InChI is InChI=1S/C10H11FO2S/c1-14-9-3-2-7(11)6-8(9)10-12-4-5-13-10/h2-3,6,10H,4-5H2,1H3. The topological polar surface area (TPSA) is 18.5 Å². The Bertz CT molecular complexity index is 324. The monoisotopic (exact) mass is 214 g/mol. The molecule has 0 spiro atoms. The highest BCUT2D eigenvalue weighted by Crippen LogP contribution is 2.31. The highest BCUT2D eigenvalue weighted by molar-refractivity contribution is 7.98. The number of hydrogen-bond acceptors (Lipinski definition) is 3. The van der Waals surface area contributed by atoms with Crippen LogP contribution in [0.1, 0.15) is 11.9 Å². The first kappa shape index (κ1) is 9.96. The van der Waals surface area contributed by atoms with E-state index in [1.807, 2.05) is 6.26 Å². The molecule has 14 heavy (non-hydrogen) atoms. The Morgan fingerprint density at radius 1 is 1.36 bits per heavy atom. The second kappa shape index (κ2) is 4.29. The molecule has 0 saturated carbocycles. The Morgan fingerprint density at radius 3 is 2.71 bits per heavy atom. The molecule has 0 radical (unpaired) electrons. The molecule has 76 valence electrons. The van der Waals surface area contributed by atoms with E-state index < -0.39 is 6.29 Å². The van der Waals surface area contributed by atoms with Gasteiger partial charge in [-0.25, -0.2) is 4.39 Å². The molecular formula is C10H11FO2S. The fraction of sp³-hybridized carbons (Fsp3) is 0.400. The van der Waals surface area contributed by atoms with Gasteiger partial charge in [-0.1, -0.05) is 0 Å². The molecule has 1 fully saturated rings. The number of ether oxygens (including phenoxy) is 2. The molecule has 1 heterocycles. The molecule has 0 N–H and O–H groups in total. The van der Waals surface area contributed by atoms with Crippen LogP contribution in [0.25, 0.3) is 0 Å². The van der Waals surface area contributed by atoms with Crippen LogP contribution in [-0.4, -0.2) is 19.5 Å². The van der Waals surface area contributed by atoms with Crippen molar-refractivity contribution in [3.05, 3.63) is 29.6 Å². The van der Waals surface area contributed by atoms with Crippen molar-refractivity contribution in [3.63, 3.8) is 0 Å². The van der Waals surface area contributed by atoms with Gasteiger partial charge in [0.1, 0.15) is 5.82 Å². The average molecular weight is 214 g/mol. The minimum absolute atomic E-state index is 0.253. The fourth-order valence-electron chi connectivity index (χ4n) is 1.43.